The third kappa shape index (κ3) is 6.54. The van der Waals surface area contributed by atoms with Gasteiger partial charge in [0.05, 0.1) is 30.6 Å². The van der Waals surface area contributed by atoms with Crippen molar-refractivity contribution in [2.45, 2.75) is 55.4 Å². The molecule has 3 unspecified atom stereocenters. The fraction of sp³-hybridized carbons (Fsp3) is 0.390. The van der Waals surface area contributed by atoms with Gasteiger partial charge in [-0.2, -0.15) is 0 Å². The number of carbonyl (C=O) groups is 3. The molecule has 0 radical (unpaired) electrons. The summed E-state index contributed by atoms with van der Waals surface area (Å²) in [4.78, 5) is 51.8. The highest BCUT2D eigenvalue weighted by atomic mass is 79.9. The number of halogens is 1. The van der Waals surface area contributed by atoms with Gasteiger partial charge in [-0.3, -0.25) is 14.4 Å². The van der Waals surface area contributed by atoms with Gasteiger partial charge < -0.3 is 29.4 Å². The molecule has 9 nitrogen and oxygen atoms in total. The second-order valence-corrected chi connectivity index (χ2v) is 14.6. The van der Waals surface area contributed by atoms with Crippen LogP contribution in [0.4, 0.5) is 11.4 Å². The number of rotatable bonds is 15. The van der Waals surface area contributed by atoms with Crippen molar-refractivity contribution < 1.29 is 24.2 Å². The third-order valence-corrected chi connectivity index (χ3v) is 11.5. The van der Waals surface area contributed by atoms with Crippen LogP contribution >= 0.6 is 15.9 Å². The standard InChI is InChI=1S/C41H47BrN4O5/c1-5-23-44(26-28-15-11-9-12-16-28)38(48)34-35-39(49)46(33(27-47)29-17-13-10-14-18-29)37(41(35)25-32(42)36(34)51-41)40(50)45(24-6-2)31-21-19-30(20-22-31)43(7-3)8-4/h5-6,9-22,32-37,47H,1-2,7-8,23-27H2,3-4H3/t32?,33-,34-,35+,36-,37?,41?/m1/s1. The summed E-state index contributed by atoms with van der Waals surface area (Å²) < 4.78 is 6.87. The van der Waals surface area contributed by atoms with Crippen LogP contribution in [0, 0.1) is 11.8 Å². The van der Waals surface area contributed by atoms with Crippen molar-refractivity contribution in [3.63, 3.8) is 0 Å². The van der Waals surface area contributed by atoms with Gasteiger partial charge >= 0.3 is 0 Å². The van der Waals surface area contributed by atoms with Crippen molar-refractivity contribution >= 4 is 45.0 Å². The van der Waals surface area contributed by atoms with Crippen molar-refractivity contribution in [1.82, 2.24) is 9.80 Å². The number of amides is 3. The molecule has 3 aliphatic heterocycles. The Bertz CT molecular complexity index is 1720. The highest BCUT2D eigenvalue weighted by Gasteiger charge is 2.77. The Morgan fingerprint density at radius 3 is 2.14 bits per heavy atom. The van der Waals surface area contributed by atoms with Crippen molar-refractivity contribution in [3.8, 4) is 0 Å². The average molecular weight is 756 g/mol. The summed E-state index contributed by atoms with van der Waals surface area (Å²) in [6, 6.07) is 24.8. The maximum atomic E-state index is 15.2. The van der Waals surface area contributed by atoms with Crippen LogP contribution in [0.15, 0.2) is 110 Å². The van der Waals surface area contributed by atoms with Gasteiger partial charge in [-0.05, 0) is 55.7 Å². The van der Waals surface area contributed by atoms with Gasteiger partial charge in [-0.1, -0.05) is 88.7 Å². The number of aliphatic hydroxyl groups is 1. The summed E-state index contributed by atoms with van der Waals surface area (Å²) >= 11 is 3.81. The van der Waals surface area contributed by atoms with Crippen LogP contribution in [0.1, 0.15) is 37.4 Å². The zero-order chi connectivity index (χ0) is 36.3. The van der Waals surface area contributed by atoms with E-state index in [0.29, 0.717) is 24.2 Å². The van der Waals surface area contributed by atoms with E-state index in [1.807, 2.05) is 84.9 Å². The molecule has 6 rings (SSSR count). The van der Waals surface area contributed by atoms with Gasteiger partial charge in [0.15, 0.2) is 0 Å². The molecular weight excluding hydrogens is 708 g/mol. The van der Waals surface area contributed by atoms with E-state index in [9.17, 15) is 9.90 Å². The third-order valence-electron chi connectivity index (χ3n) is 10.7. The van der Waals surface area contributed by atoms with Crippen LogP contribution < -0.4 is 9.80 Å². The number of aliphatic hydroxyl groups excluding tert-OH is 1. The number of hydrogen-bond acceptors (Lipinski definition) is 6. The van der Waals surface area contributed by atoms with Crippen LogP contribution in [0.3, 0.4) is 0 Å². The normalized spacial score (nSPS) is 25.3. The lowest BCUT2D eigenvalue weighted by Crippen LogP contribution is -2.57. The highest BCUT2D eigenvalue weighted by Crippen LogP contribution is 2.61. The van der Waals surface area contributed by atoms with Crippen LogP contribution in [0.25, 0.3) is 0 Å². The molecule has 3 aliphatic rings. The number of anilines is 2. The molecule has 3 saturated heterocycles. The summed E-state index contributed by atoms with van der Waals surface area (Å²) in [5.74, 6) is -2.73. The molecule has 2 bridgehead atoms. The van der Waals surface area contributed by atoms with Gasteiger partial charge in [-0.15, -0.1) is 13.2 Å². The lowest BCUT2D eigenvalue weighted by Gasteiger charge is -2.39. The van der Waals surface area contributed by atoms with E-state index in [1.165, 1.54) is 4.90 Å². The van der Waals surface area contributed by atoms with Crippen molar-refractivity contribution in [1.29, 1.82) is 0 Å². The smallest absolute Gasteiger partial charge is 0.253 e. The molecule has 0 aliphatic carbocycles. The maximum absolute atomic E-state index is 15.2. The number of carbonyl (C=O) groups excluding carboxylic acids is 3. The minimum Gasteiger partial charge on any atom is -0.394 e. The second-order valence-electron chi connectivity index (χ2n) is 13.4. The Kier molecular flexibility index (Phi) is 11.1. The summed E-state index contributed by atoms with van der Waals surface area (Å²) in [6.45, 7) is 14.1. The molecular formula is C41H47BrN4O5. The number of likely N-dealkylation sites (tertiary alicyclic amines) is 1. The fourth-order valence-electron chi connectivity index (χ4n) is 8.43. The first-order valence-corrected chi connectivity index (χ1v) is 18.7. The van der Waals surface area contributed by atoms with Crippen molar-refractivity contribution in [3.05, 3.63) is 121 Å². The average Bonchev–Trinajstić information content (AvgIpc) is 3.75. The molecule has 10 heteroatoms. The van der Waals surface area contributed by atoms with E-state index in [-0.39, 0.29) is 35.6 Å². The minimum absolute atomic E-state index is 0.186. The predicted octanol–water partition coefficient (Wildman–Crippen LogP) is 5.75. The molecule has 1 N–H and O–H groups in total. The first kappa shape index (κ1) is 36.5. The predicted molar refractivity (Wildman–Crippen MR) is 203 cm³/mol. The Balaban J connectivity index is 1.45. The van der Waals surface area contributed by atoms with Gasteiger partial charge in [0.2, 0.25) is 11.8 Å². The first-order valence-electron chi connectivity index (χ1n) is 17.7. The number of alkyl halides is 1. The van der Waals surface area contributed by atoms with Crippen LogP contribution in [-0.2, 0) is 25.7 Å². The molecule has 3 aromatic carbocycles. The molecule has 1 spiro atoms. The minimum atomic E-state index is -1.32. The van der Waals surface area contributed by atoms with Gasteiger partial charge in [-0.25, -0.2) is 0 Å². The summed E-state index contributed by atoms with van der Waals surface area (Å²) in [7, 11) is 0. The molecule has 7 atom stereocenters. The SMILES string of the molecule is C=CCN(Cc1ccccc1)C(=O)[C@H]1[C@@H]2OC3(CC2Br)C(C(=O)N(CC=C)c2ccc(N(CC)CC)cc2)N([C@H](CO)c2ccccc2)C(=O)[C@H]13. The number of nitrogens with zero attached hydrogens (tertiary/aromatic N) is 4. The fourth-order valence-corrected chi connectivity index (χ4v) is 9.37. The zero-order valence-electron chi connectivity index (χ0n) is 29.3. The first-order chi connectivity index (χ1) is 24.7. The molecule has 3 aromatic rings. The van der Waals surface area contributed by atoms with Crippen LogP contribution in [0.2, 0.25) is 0 Å². The molecule has 0 saturated carbocycles. The van der Waals surface area contributed by atoms with Gasteiger partial charge in [0, 0.05) is 48.9 Å². The van der Waals surface area contributed by atoms with Gasteiger partial charge in [0.1, 0.15) is 11.6 Å². The van der Waals surface area contributed by atoms with E-state index in [1.54, 1.807) is 22.0 Å². The second kappa shape index (κ2) is 15.6. The van der Waals surface area contributed by atoms with E-state index in [4.69, 9.17) is 4.74 Å². The zero-order valence-corrected chi connectivity index (χ0v) is 30.9. The van der Waals surface area contributed by atoms with Crippen LogP contribution in [0.5, 0.6) is 0 Å². The Hall–Kier alpha value is -4.25. The van der Waals surface area contributed by atoms with Gasteiger partial charge in [0.25, 0.3) is 5.91 Å². The largest absolute Gasteiger partial charge is 0.394 e. The quantitative estimate of drug-likeness (QED) is 0.157. The molecule has 0 aromatic heterocycles. The molecule has 268 valence electrons. The van der Waals surface area contributed by atoms with Crippen molar-refractivity contribution in [2.24, 2.45) is 11.8 Å². The number of ether oxygens (including phenoxy) is 1. The summed E-state index contributed by atoms with van der Waals surface area (Å²) in [5, 5.41) is 10.9. The van der Waals surface area contributed by atoms with Crippen LogP contribution in [-0.4, -0.2) is 88.0 Å². The van der Waals surface area contributed by atoms with E-state index in [0.717, 1.165) is 24.3 Å². The lowest BCUT2D eigenvalue weighted by molar-refractivity contribution is -0.147. The Labute approximate surface area is 309 Å². The molecule has 3 amide bonds. The Morgan fingerprint density at radius 2 is 1.55 bits per heavy atom. The lowest BCUT2D eigenvalue weighted by atomic mass is 9.70. The van der Waals surface area contributed by atoms with E-state index < -0.39 is 42.2 Å². The molecule has 3 heterocycles. The summed E-state index contributed by atoms with van der Waals surface area (Å²) in [6.07, 6.45) is 3.07. The number of fused-ring (bicyclic) bond motifs is 1. The Morgan fingerprint density at radius 1 is 0.941 bits per heavy atom. The summed E-state index contributed by atoms with van der Waals surface area (Å²) in [5.41, 5.74) is 2.01. The van der Waals surface area contributed by atoms with E-state index >= 15 is 9.59 Å². The molecule has 51 heavy (non-hydrogen) atoms. The monoisotopic (exact) mass is 754 g/mol. The van der Waals surface area contributed by atoms with E-state index in [2.05, 4.69) is 47.8 Å². The number of hydrogen-bond donors (Lipinski definition) is 1. The number of benzene rings is 3. The maximum Gasteiger partial charge on any atom is 0.253 e. The van der Waals surface area contributed by atoms with Crippen molar-refractivity contribution in [2.75, 3.05) is 42.6 Å². The topological polar surface area (TPSA) is 93.6 Å². The molecule has 3 fully saturated rings. The highest BCUT2D eigenvalue weighted by molar-refractivity contribution is 9.09.